The third kappa shape index (κ3) is 2.43. The summed E-state index contributed by atoms with van der Waals surface area (Å²) in [5.74, 6) is 0.0979. The SMILES string of the molecule is CN(C)C(=O)C1(c2cccc(Br)c2)CC(=CC#N)C1. The van der Waals surface area contributed by atoms with Gasteiger partial charge in [0, 0.05) is 24.6 Å². The molecule has 4 heteroatoms. The van der Waals surface area contributed by atoms with E-state index in [1.807, 2.05) is 30.3 Å². The highest BCUT2D eigenvalue weighted by Crippen LogP contribution is 2.48. The van der Waals surface area contributed by atoms with Crippen molar-refractivity contribution in [2.75, 3.05) is 14.1 Å². The summed E-state index contributed by atoms with van der Waals surface area (Å²) in [5, 5.41) is 8.71. The molecule has 1 aromatic carbocycles. The summed E-state index contributed by atoms with van der Waals surface area (Å²) in [6, 6.07) is 9.90. The molecule has 0 heterocycles. The molecule has 3 nitrogen and oxygen atoms in total. The van der Waals surface area contributed by atoms with Crippen LogP contribution in [0.2, 0.25) is 0 Å². The summed E-state index contributed by atoms with van der Waals surface area (Å²) >= 11 is 3.45. The molecule has 1 aliphatic carbocycles. The number of benzene rings is 1. The molecule has 0 unspecified atom stereocenters. The lowest BCUT2D eigenvalue weighted by Crippen LogP contribution is -2.49. The van der Waals surface area contributed by atoms with Crippen LogP contribution in [0.1, 0.15) is 18.4 Å². The number of likely N-dealkylation sites (N-methyl/N-ethyl adjacent to an activating group) is 1. The van der Waals surface area contributed by atoms with Gasteiger partial charge in [0.2, 0.25) is 5.91 Å². The van der Waals surface area contributed by atoms with Crippen molar-refractivity contribution in [3.63, 3.8) is 0 Å². The number of hydrogen-bond acceptors (Lipinski definition) is 2. The minimum absolute atomic E-state index is 0.0979. The molecular formula is C15H15BrN2O. The molecule has 19 heavy (non-hydrogen) atoms. The van der Waals surface area contributed by atoms with Crippen LogP contribution in [-0.2, 0) is 10.2 Å². The Morgan fingerprint density at radius 2 is 2.16 bits per heavy atom. The summed E-state index contributed by atoms with van der Waals surface area (Å²) in [7, 11) is 3.54. The first-order valence-electron chi connectivity index (χ1n) is 6.05. The second-order valence-electron chi connectivity index (χ2n) is 5.08. The Labute approximate surface area is 121 Å². The molecule has 0 atom stereocenters. The van der Waals surface area contributed by atoms with E-state index in [9.17, 15) is 4.79 Å². The first kappa shape index (κ1) is 13.8. The topological polar surface area (TPSA) is 44.1 Å². The van der Waals surface area contributed by atoms with E-state index in [-0.39, 0.29) is 5.91 Å². The van der Waals surface area contributed by atoms with Crippen LogP contribution in [0.3, 0.4) is 0 Å². The second-order valence-corrected chi connectivity index (χ2v) is 5.99. The quantitative estimate of drug-likeness (QED) is 0.787. The standard InChI is InChI=1S/C15H15BrN2O/c1-18(2)14(19)15(9-11(10-15)6-7-17)12-4-3-5-13(16)8-12/h3-6,8H,9-10H2,1-2H3. The number of carbonyl (C=O) groups is 1. The highest BCUT2D eigenvalue weighted by molar-refractivity contribution is 9.10. The molecule has 1 fully saturated rings. The van der Waals surface area contributed by atoms with Crippen LogP contribution in [0.5, 0.6) is 0 Å². The lowest BCUT2D eigenvalue weighted by Gasteiger charge is -2.44. The highest BCUT2D eigenvalue weighted by atomic mass is 79.9. The molecule has 0 N–H and O–H groups in total. The van der Waals surface area contributed by atoms with Gasteiger partial charge < -0.3 is 4.90 Å². The summed E-state index contributed by atoms with van der Waals surface area (Å²) in [5.41, 5.74) is 1.55. The number of hydrogen-bond donors (Lipinski definition) is 0. The Morgan fingerprint density at radius 1 is 1.47 bits per heavy atom. The number of nitrogens with zero attached hydrogens (tertiary/aromatic N) is 2. The van der Waals surface area contributed by atoms with Crippen molar-refractivity contribution in [2.45, 2.75) is 18.3 Å². The molecule has 98 valence electrons. The van der Waals surface area contributed by atoms with E-state index in [0.29, 0.717) is 12.8 Å². The van der Waals surface area contributed by atoms with Crippen LogP contribution in [0.25, 0.3) is 0 Å². The normalized spacial score (nSPS) is 21.3. The number of halogens is 1. The lowest BCUT2D eigenvalue weighted by atomic mass is 9.60. The lowest BCUT2D eigenvalue weighted by molar-refractivity contribution is -0.136. The molecule has 1 aliphatic rings. The minimum Gasteiger partial charge on any atom is -0.348 e. The zero-order chi connectivity index (χ0) is 14.0. The van der Waals surface area contributed by atoms with Crippen molar-refractivity contribution in [1.29, 1.82) is 5.26 Å². The fraction of sp³-hybridized carbons (Fsp3) is 0.333. The van der Waals surface area contributed by atoms with Gasteiger partial charge in [0.1, 0.15) is 0 Å². The third-order valence-electron chi connectivity index (χ3n) is 3.52. The van der Waals surface area contributed by atoms with Gasteiger partial charge in [0.15, 0.2) is 0 Å². The van der Waals surface area contributed by atoms with Crippen molar-refractivity contribution >= 4 is 21.8 Å². The van der Waals surface area contributed by atoms with Crippen LogP contribution < -0.4 is 0 Å². The average Bonchev–Trinajstić information content (AvgIpc) is 2.32. The zero-order valence-electron chi connectivity index (χ0n) is 11.0. The summed E-state index contributed by atoms with van der Waals surface area (Å²) < 4.78 is 0.966. The van der Waals surface area contributed by atoms with Gasteiger partial charge in [0.25, 0.3) is 0 Å². The first-order valence-corrected chi connectivity index (χ1v) is 6.84. The van der Waals surface area contributed by atoms with Crippen LogP contribution in [0.4, 0.5) is 0 Å². The smallest absolute Gasteiger partial charge is 0.233 e. The zero-order valence-corrected chi connectivity index (χ0v) is 12.6. The Hall–Kier alpha value is -1.60. The van der Waals surface area contributed by atoms with Crippen molar-refractivity contribution in [2.24, 2.45) is 0 Å². The van der Waals surface area contributed by atoms with Crippen molar-refractivity contribution in [1.82, 2.24) is 4.90 Å². The van der Waals surface area contributed by atoms with E-state index in [2.05, 4.69) is 15.9 Å². The van der Waals surface area contributed by atoms with Gasteiger partial charge in [-0.1, -0.05) is 33.6 Å². The van der Waals surface area contributed by atoms with E-state index in [1.165, 1.54) is 0 Å². The van der Waals surface area contributed by atoms with Crippen LogP contribution in [0, 0.1) is 11.3 Å². The molecular weight excluding hydrogens is 304 g/mol. The van der Waals surface area contributed by atoms with E-state index in [4.69, 9.17) is 5.26 Å². The van der Waals surface area contributed by atoms with E-state index in [1.54, 1.807) is 25.1 Å². The van der Waals surface area contributed by atoms with Crippen molar-refractivity contribution in [3.05, 3.63) is 46.0 Å². The number of allylic oxidation sites excluding steroid dienone is 2. The molecule has 0 aromatic heterocycles. The Kier molecular flexibility index (Phi) is 3.77. The first-order chi connectivity index (χ1) is 8.99. The maximum atomic E-state index is 12.5. The predicted molar refractivity (Wildman–Crippen MR) is 77.4 cm³/mol. The molecule has 0 aliphatic heterocycles. The van der Waals surface area contributed by atoms with Crippen LogP contribution in [-0.4, -0.2) is 24.9 Å². The summed E-state index contributed by atoms with van der Waals surface area (Å²) in [6.45, 7) is 0. The maximum absolute atomic E-state index is 12.5. The van der Waals surface area contributed by atoms with Crippen LogP contribution in [0.15, 0.2) is 40.4 Å². The molecule has 0 spiro atoms. The number of amides is 1. The Morgan fingerprint density at radius 3 is 2.68 bits per heavy atom. The maximum Gasteiger partial charge on any atom is 0.233 e. The predicted octanol–water partition coefficient (Wildman–Crippen LogP) is 3.02. The van der Waals surface area contributed by atoms with Gasteiger partial charge in [0.05, 0.1) is 11.5 Å². The molecule has 0 saturated heterocycles. The molecule has 1 saturated carbocycles. The average molecular weight is 319 g/mol. The van der Waals surface area contributed by atoms with Gasteiger partial charge in [-0.15, -0.1) is 0 Å². The number of nitriles is 1. The minimum atomic E-state index is -0.504. The van der Waals surface area contributed by atoms with Gasteiger partial charge in [-0.2, -0.15) is 5.26 Å². The fourth-order valence-electron chi connectivity index (χ4n) is 2.61. The van der Waals surface area contributed by atoms with Crippen LogP contribution >= 0.6 is 15.9 Å². The highest BCUT2D eigenvalue weighted by Gasteiger charge is 2.49. The third-order valence-corrected chi connectivity index (χ3v) is 4.01. The van der Waals surface area contributed by atoms with Crippen molar-refractivity contribution in [3.8, 4) is 6.07 Å². The molecule has 0 bridgehead atoms. The van der Waals surface area contributed by atoms with Gasteiger partial charge in [-0.05, 0) is 30.5 Å². The molecule has 0 radical (unpaired) electrons. The summed E-state index contributed by atoms with van der Waals surface area (Å²) in [4.78, 5) is 14.1. The van der Waals surface area contributed by atoms with Crippen molar-refractivity contribution < 1.29 is 4.79 Å². The Bertz CT molecular complexity index is 576. The Balaban J connectivity index is 2.41. The van der Waals surface area contributed by atoms with E-state index < -0.39 is 5.41 Å². The van der Waals surface area contributed by atoms with Gasteiger partial charge in [-0.3, -0.25) is 4.79 Å². The largest absolute Gasteiger partial charge is 0.348 e. The number of carbonyl (C=O) groups excluding carboxylic acids is 1. The molecule has 1 amide bonds. The van der Waals surface area contributed by atoms with E-state index >= 15 is 0 Å². The summed E-state index contributed by atoms with van der Waals surface area (Å²) in [6.07, 6.45) is 2.82. The monoisotopic (exact) mass is 318 g/mol. The molecule has 1 aromatic rings. The van der Waals surface area contributed by atoms with Gasteiger partial charge in [-0.25, -0.2) is 0 Å². The van der Waals surface area contributed by atoms with Gasteiger partial charge >= 0.3 is 0 Å². The molecule has 2 rings (SSSR count). The van der Waals surface area contributed by atoms with E-state index in [0.717, 1.165) is 15.6 Å². The fourth-order valence-corrected chi connectivity index (χ4v) is 3.01. The second kappa shape index (κ2) is 5.18. The number of rotatable bonds is 2.